The predicted octanol–water partition coefficient (Wildman–Crippen LogP) is 2.19. The summed E-state index contributed by atoms with van der Waals surface area (Å²) in [7, 11) is 1.95. The molecule has 13 heavy (non-hydrogen) atoms. The van der Waals surface area contributed by atoms with Gasteiger partial charge in [-0.05, 0) is 19.3 Å². The Bertz CT molecular complexity index is 263. The highest BCUT2D eigenvalue weighted by molar-refractivity contribution is 5.41. The van der Waals surface area contributed by atoms with Crippen molar-refractivity contribution in [2.45, 2.75) is 27.2 Å². The van der Waals surface area contributed by atoms with Crippen molar-refractivity contribution >= 4 is 5.82 Å². The number of nitrogens with zero attached hydrogens (tertiary/aromatic N) is 2. The van der Waals surface area contributed by atoms with E-state index in [4.69, 9.17) is 0 Å². The molecule has 3 nitrogen and oxygen atoms in total. The molecule has 0 aliphatic heterocycles. The van der Waals surface area contributed by atoms with Gasteiger partial charge in [-0.25, -0.2) is 0 Å². The van der Waals surface area contributed by atoms with Crippen molar-refractivity contribution in [2.75, 3.05) is 11.9 Å². The van der Waals surface area contributed by atoms with Crippen molar-refractivity contribution in [3.63, 3.8) is 0 Å². The van der Waals surface area contributed by atoms with Crippen LogP contribution in [0.2, 0.25) is 0 Å². The van der Waals surface area contributed by atoms with Crippen LogP contribution in [-0.4, -0.2) is 16.3 Å². The lowest BCUT2D eigenvalue weighted by molar-refractivity contribution is 0.606. The van der Waals surface area contributed by atoms with Gasteiger partial charge in [-0.1, -0.05) is 13.8 Å². The third-order valence-corrected chi connectivity index (χ3v) is 2.03. The van der Waals surface area contributed by atoms with Gasteiger partial charge in [-0.15, -0.1) is 0 Å². The quantitative estimate of drug-likeness (QED) is 0.771. The summed E-state index contributed by atoms with van der Waals surface area (Å²) < 4.78 is 1.84. The van der Waals surface area contributed by atoms with Crippen molar-refractivity contribution in [3.8, 4) is 0 Å². The zero-order chi connectivity index (χ0) is 9.84. The molecule has 0 unspecified atom stereocenters. The van der Waals surface area contributed by atoms with E-state index in [1.165, 1.54) is 12.0 Å². The van der Waals surface area contributed by atoms with Crippen LogP contribution < -0.4 is 5.32 Å². The van der Waals surface area contributed by atoms with Gasteiger partial charge in [0.05, 0.1) is 0 Å². The van der Waals surface area contributed by atoms with Crippen molar-refractivity contribution in [3.05, 3.63) is 11.8 Å². The summed E-state index contributed by atoms with van der Waals surface area (Å²) in [6.07, 6.45) is 3.22. The Hall–Kier alpha value is -0.990. The van der Waals surface area contributed by atoms with Gasteiger partial charge in [0.25, 0.3) is 0 Å². The predicted molar refractivity (Wildman–Crippen MR) is 55.9 cm³/mol. The summed E-state index contributed by atoms with van der Waals surface area (Å²) in [5, 5.41) is 7.65. The van der Waals surface area contributed by atoms with Crippen LogP contribution in [-0.2, 0) is 7.05 Å². The smallest absolute Gasteiger partial charge is 0.150 e. The third-order valence-electron chi connectivity index (χ3n) is 2.03. The lowest BCUT2D eigenvalue weighted by Crippen LogP contribution is -2.06. The molecular weight excluding hydrogens is 162 g/mol. The van der Waals surface area contributed by atoms with Gasteiger partial charge in [0.1, 0.15) is 0 Å². The lowest BCUT2D eigenvalue weighted by Gasteiger charge is -2.05. The number of nitrogens with one attached hydrogen (secondary N) is 1. The van der Waals surface area contributed by atoms with Gasteiger partial charge in [0, 0.05) is 25.4 Å². The molecule has 74 valence electrons. The first-order valence-electron chi connectivity index (χ1n) is 4.83. The summed E-state index contributed by atoms with van der Waals surface area (Å²) in [6.45, 7) is 7.54. The van der Waals surface area contributed by atoms with E-state index in [0.717, 1.165) is 18.3 Å². The molecule has 0 saturated heterocycles. The van der Waals surface area contributed by atoms with E-state index < -0.39 is 0 Å². The Morgan fingerprint density at radius 2 is 2.23 bits per heavy atom. The maximum atomic E-state index is 4.31. The van der Waals surface area contributed by atoms with Gasteiger partial charge in [-0.3, -0.25) is 4.68 Å². The lowest BCUT2D eigenvalue weighted by atomic mass is 10.1. The molecule has 0 bridgehead atoms. The van der Waals surface area contributed by atoms with Crippen LogP contribution in [0.3, 0.4) is 0 Å². The van der Waals surface area contributed by atoms with Crippen LogP contribution in [0.25, 0.3) is 0 Å². The van der Waals surface area contributed by atoms with E-state index in [-0.39, 0.29) is 0 Å². The molecule has 3 heteroatoms. The van der Waals surface area contributed by atoms with E-state index >= 15 is 0 Å². The van der Waals surface area contributed by atoms with Crippen LogP contribution in [0.4, 0.5) is 5.82 Å². The molecule has 0 aliphatic rings. The fraction of sp³-hybridized carbons (Fsp3) is 0.700. The number of aromatic nitrogens is 2. The zero-order valence-electron chi connectivity index (χ0n) is 8.96. The fourth-order valence-electron chi connectivity index (χ4n) is 1.26. The molecular formula is C10H19N3. The normalized spacial score (nSPS) is 10.8. The Morgan fingerprint density at radius 3 is 2.69 bits per heavy atom. The van der Waals surface area contributed by atoms with Crippen molar-refractivity contribution < 1.29 is 0 Å². The molecule has 1 N–H and O–H groups in total. The first-order valence-corrected chi connectivity index (χ1v) is 4.83. The van der Waals surface area contributed by atoms with Gasteiger partial charge in [0.15, 0.2) is 5.82 Å². The van der Waals surface area contributed by atoms with Crippen LogP contribution in [0.1, 0.15) is 25.8 Å². The number of hydrogen-bond donors (Lipinski definition) is 1. The zero-order valence-corrected chi connectivity index (χ0v) is 8.96. The van der Waals surface area contributed by atoms with E-state index in [1.54, 1.807) is 0 Å². The van der Waals surface area contributed by atoms with Crippen LogP contribution in [0.15, 0.2) is 6.20 Å². The monoisotopic (exact) mass is 181 g/mol. The maximum Gasteiger partial charge on any atom is 0.150 e. The van der Waals surface area contributed by atoms with Crippen LogP contribution in [0, 0.1) is 12.8 Å². The number of aryl methyl sites for hydroxylation is 2. The number of hydrogen-bond acceptors (Lipinski definition) is 2. The molecule has 0 saturated carbocycles. The Balaban J connectivity index is 2.40. The second-order valence-corrected chi connectivity index (χ2v) is 3.94. The molecule has 0 atom stereocenters. The number of anilines is 1. The van der Waals surface area contributed by atoms with E-state index in [9.17, 15) is 0 Å². The van der Waals surface area contributed by atoms with Gasteiger partial charge < -0.3 is 5.32 Å². The van der Waals surface area contributed by atoms with E-state index in [1.807, 2.05) is 17.9 Å². The van der Waals surface area contributed by atoms with Crippen LogP contribution >= 0.6 is 0 Å². The first-order chi connectivity index (χ1) is 6.09. The minimum atomic E-state index is 0.747. The van der Waals surface area contributed by atoms with Gasteiger partial charge in [0.2, 0.25) is 0 Å². The summed E-state index contributed by atoms with van der Waals surface area (Å²) in [4.78, 5) is 0. The minimum absolute atomic E-state index is 0.747. The Morgan fingerprint density at radius 1 is 1.54 bits per heavy atom. The van der Waals surface area contributed by atoms with Gasteiger partial charge >= 0.3 is 0 Å². The molecule has 0 radical (unpaired) electrons. The summed E-state index contributed by atoms with van der Waals surface area (Å²) >= 11 is 0. The van der Waals surface area contributed by atoms with Gasteiger partial charge in [-0.2, -0.15) is 5.10 Å². The molecule has 0 amide bonds. The Labute approximate surface area is 80.1 Å². The van der Waals surface area contributed by atoms with Crippen molar-refractivity contribution in [1.82, 2.24) is 9.78 Å². The Kier molecular flexibility index (Phi) is 3.34. The molecule has 1 heterocycles. The average Bonchev–Trinajstić information content (AvgIpc) is 2.29. The van der Waals surface area contributed by atoms with Crippen LogP contribution in [0.5, 0.6) is 0 Å². The third kappa shape index (κ3) is 3.09. The average molecular weight is 181 g/mol. The highest BCUT2D eigenvalue weighted by atomic mass is 15.3. The van der Waals surface area contributed by atoms with E-state index in [2.05, 4.69) is 31.2 Å². The molecule has 0 fully saturated rings. The fourth-order valence-corrected chi connectivity index (χ4v) is 1.26. The standard InChI is InChI=1S/C10H19N3/c1-8(2)5-6-11-10-9(3)7-13(4)12-10/h7-8H,5-6H2,1-4H3,(H,11,12). The second-order valence-electron chi connectivity index (χ2n) is 3.94. The summed E-state index contributed by atoms with van der Waals surface area (Å²) in [5.41, 5.74) is 1.21. The largest absolute Gasteiger partial charge is 0.368 e. The highest BCUT2D eigenvalue weighted by Gasteiger charge is 2.01. The van der Waals surface area contributed by atoms with Crippen molar-refractivity contribution in [2.24, 2.45) is 13.0 Å². The topological polar surface area (TPSA) is 29.9 Å². The molecule has 0 aliphatic carbocycles. The molecule has 0 spiro atoms. The SMILES string of the molecule is Cc1cn(C)nc1NCCC(C)C. The highest BCUT2D eigenvalue weighted by Crippen LogP contribution is 2.10. The van der Waals surface area contributed by atoms with Crippen molar-refractivity contribution in [1.29, 1.82) is 0 Å². The molecule has 1 aromatic heterocycles. The minimum Gasteiger partial charge on any atom is -0.368 e. The molecule has 1 rings (SSSR count). The maximum absolute atomic E-state index is 4.31. The molecule has 0 aromatic carbocycles. The number of rotatable bonds is 4. The summed E-state index contributed by atoms with van der Waals surface area (Å²) in [5.74, 6) is 1.76. The molecule has 1 aromatic rings. The first kappa shape index (κ1) is 10.1. The summed E-state index contributed by atoms with van der Waals surface area (Å²) in [6, 6.07) is 0. The second kappa shape index (κ2) is 4.30. The van der Waals surface area contributed by atoms with E-state index in [0.29, 0.717) is 0 Å².